The van der Waals surface area contributed by atoms with Crippen molar-refractivity contribution >= 4 is 11.8 Å². The lowest BCUT2D eigenvalue weighted by Crippen LogP contribution is -2.08. The van der Waals surface area contributed by atoms with Crippen LogP contribution in [0, 0.1) is 5.92 Å². The van der Waals surface area contributed by atoms with Crippen LogP contribution >= 0.6 is 11.8 Å². The molecule has 0 bridgehead atoms. The van der Waals surface area contributed by atoms with Crippen LogP contribution in [-0.2, 0) is 0 Å². The van der Waals surface area contributed by atoms with E-state index in [2.05, 4.69) is 37.7 Å². The highest BCUT2D eigenvalue weighted by atomic mass is 32.2. The largest absolute Gasteiger partial charge is 0.337 e. The Balaban J connectivity index is 2.66. The molecule has 1 heterocycles. The number of nitrogens with zero attached hydrogens (tertiary/aromatic N) is 1. The van der Waals surface area contributed by atoms with E-state index in [1.165, 1.54) is 25.0 Å². The molecule has 0 saturated heterocycles. The van der Waals surface area contributed by atoms with Crippen molar-refractivity contribution in [3.8, 4) is 0 Å². The molecule has 0 aliphatic heterocycles. The van der Waals surface area contributed by atoms with Crippen LogP contribution in [-0.4, -0.2) is 15.7 Å². The molecule has 0 radical (unpaired) electrons. The van der Waals surface area contributed by atoms with Crippen molar-refractivity contribution in [3.63, 3.8) is 0 Å². The smallest absolute Gasteiger partial charge is 0.165 e. The summed E-state index contributed by atoms with van der Waals surface area (Å²) in [5.41, 5.74) is 1.32. The Morgan fingerprint density at radius 3 is 2.62 bits per heavy atom. The van der Waals surface area contributed by atoms with Gasteiger partial charge in [-0.3, -0.25) is 0 Å². The molecule has 0 saturated carbocycles. The second-order valence-corrected chi connectivity index (χ2v) is 5.48. The van der Waals surface area contributed by atoms with Crippen molar-refractivity contribution in [3.05, 3.63) is 11.9 Å². The minimum atomic E-state index is 0.633. The van der Waals surface area contributed by atoms with Gasteiger partial charge in [-0.15, -0.1) is 0 Å². The third-order valence-electron chi connectivity index (χ3n) is 3.19. The fourth-order valence-electron chi connectivity index (χ4n) is 1.99. The molecule has 92 valence electrons. The lowest BCUT2D eigenvalue weighted by Gasteiger charge is -2.19. The van der Waals surface area contributed by atoms with Gasteiger partial charge in [0.05, 0.1) is 0 Å². The van der Waals surface area contributed by atoms with E-state index in [4.69, 9.17) is 0 Å². The van der Waals surface area contributed by atoms with E-state index in [1.54, 1.807) is 0 Å². The molecular weight excluding hydrogens is 216 g/mol. The third-order valence-corrected chi connectivity index (χ3v) is 4.28. The maximum Gasteiger partial charge on any atom is 0.165 e. The Morgan fingerprint density at radius 1 is 1.31 bits per heavy atom. The number of H-pyrrole nitrogens is 1. The molecular formula is C13H24N2S. The minimum Gasteiger partial charge on any atom is -0.337 e. The zero-order valence-electron chi connectivity index (χ0n) is 10.9. The van der Waals surface area contributed by atoms with Gasteiger partial charge < -0.3 is 4.98 Å². The SMILES string of the molecule is CCCSc1ncc(C(CC)C(C)CC)[nH]1. The number of thioether (sulfide) groups is 1. The summed E-state index contributed by atoms with van der Waals surface area (Å²) >= 11 is 1.82. The van der Waals surface area contributed by atoms with E-state index < -0.39 is 0 Å². The van der Waals surface area contributed by atoms with E-state index in [0.717, 1.165) is 16.8 Å². The van der Waals surface area contributed by atoms with Crippen molar-refractivity contribution in [1.29, 1.82) is 0 Å². The van der Waals surface area contributed by atoms with Gasteiger partial charge in [-0.1, -0.05) is 45.9 Å². The Kier molecular flexibility index (Phi) is 5.96. The summed E-state index contributed by atoms with van der Waals surface area (Å²) < 4.78 is 0. The first kappa shape index (κ1) is 13.6. The summed E-state index contributed by atoms with van der Waals surface area (Å²) in [4.78, 5) is 7.91. The highest BCUT2D eigenvalue weighted by Gasteiger charge is 2.18. The van der Waals surface area contributed by atoms with E-state index in [9.17, 15) is 0 Å². The molecule has 0 aliphatic carbocycles. The quantitative estimate of drug-likeness (QED) is 0.713. The van der Waals surface area contributed by atoms with Crippen molar-refractivity contribution in [2.75, 3.05) is 5.75 Å². The molecule has 1 rings (SSSR count). The van der Waals surface area contributed by atoms with Gasteiger partial charge in [-0.25, -0.2) is 4.98 Å². The Bertz CT molecular complexity index is 296. The summed E-state index contributed by atoms with van der Waals surface area (Å²) in [5.74, 6) is 2.51. The van der Waals surface area contributed by atoms with Crippen molar-refractivity contribution in [2.24, 2.45) is 5.92 Å². The summed E-state index contributed by atoms with van der Waals surface area (Å²) in [7, 11) is 0. The van der Waals surface area contributed by atoms with Crippen LogP contribution < -0.4 is 0 Å². The van der Waals surface area contributed by atoms with E-state index in [0.29, 0.717) is 5.92 Å². The van der Waals surface area contributed by atoms with Crippen LogP contribution in [0.1, 0.15) is 58.6 Å². The maximum atomic E-state index is 4.45. The Morgan fingerprint density at radius 2 is 2.06 bits per heavy atom. The van der Waals surface area contributed by atoms with E-state index in [1.807, 2.05) is 18.0 Å². The number of aromatic nitrogens is 2. The van der Waals surface area contributed by atoms with E-state index in [-0.39, 0.29) is 0 Å². The first-order valence-electron chi connectivity index (χ1n) is 6.40. The van der Waals surface area contributed by atoms with Gasteiger partial charge >= 0.3 is 0 Å². The first-order valence-corrected chi connectivity index (χ1v) is 7.39. The maximum absolute atomic E-state index is 4.45. The number of imidazole rings is 1. The fourth-order valence-corrected chi connectivity index (χ4v) is 2.70. The molecule has 1 aromatic rings. The molecule has 2 unspecified atom stereocenters. The second-order valence-electron chi connectivity index (χ2n) is 4.39. The predicted molar refractivity (Wildman–Crippen MR) is 72.1 cm³/mol. The van der Waals surface area contributed by atoms with Crippen molar-refractivity contribution in [2.45, 2.75) is 58.0 Å². The van der Waals surface area contributed by atoms with Crippen LogP contribution in [0.5, 0.6) is 0 Å². The fraction of sp³-hybridized carbons (Fsp3) is 0.769. The normalized spacial score (nSPS) is 15.0. The highest BCUT2D eigenvalue weighted by molar-refractivity contribution is 7.99. The average Bonchev–Trinajstić information content (AvgIpc) is 2.75. The van der Waals surface area contributed by atoms with E-state index >= 15 is 0 Å². The topological polar surface area (TPSA) is 28.7 Å². The van der Waals surface area contributed by atoms with Crippen LogP contribution in [0.15, 0.2) is 11.4 Å². The highest BCUT2D eigenvalue weighted by Crippen LogP contribution is 2.29. The number of hydrogen-bond acceptors (Lipinski definition) is 2. The Labute approximate surface area is 104 Å². The van der Waals surface area contributed by atoms with Crippen molar-refractivity contribution in [1.82, 2.24) is 9.97 Å². The number of aromatic amines is 1. The van der Waals surface area contributed by atoms with Crippen molar-refractivity contribution < 1.29 is 0 Å². The molecule has 0 aliphatic rings. The lowest BCUT2D eigenvalue weighted by molar-refractivity contribution is 0.427. The zero-order valence-corrected chi connectivity index (χ0v) is 11.7. The van der Waals surface area contributed by atoms with Crippen LogP contribution in [0.4, 0.5) is 0 Å². The van der Waals surface area contributed by atoms with Crippen LogP contribution in [0.3, 0.4) is 0 Å². The molecule has 16 heavy (non-hydrogen) atoms. The van der Waals surface area contributed by atoms with Gasteiger partial charge in [0.2, 0.25) is 0 Å². The van der Waals surface area contributed by atoms with Gasteiger partial charge in [0.25, 0.3) is 0 Å². The standard InChI is InChI=1S/C13H24N2S/c1-5-8-16-13-14-9-12(15-13)11(7-3)10(4)6-2/h9-11H,5-8H2,1-4H3,(H,14,15). The number of rotatable bonds is 7. The molecule has 0 spiro atoms. The van der Waals surface area contributed by atoms with Gasteiger partial charge in [0.15, 0.2) is 5.16 Å². The van der Waals surface area contributed by atoms with Gasteiger partial charge in [-0.05, 0) is 18.8 Å². The third kappa shape index (κ3) is 3.55. The number of hydrogen-bond donors (Lipinski definition) is 1. The zero-order chi connectivity index (χ0) is 12.0. The molecule has 0 aromatic carbocycles. The Hall–Kier alpha value is -0.440. The average molecular weight is 240 g/mol. The van der Waals surface area contributed by atoms with Gasteiger partial charge in [0, 0.05) is 23.6 Å². The monoisotopic (exact) mass is 240 g/mol. The van der Waals surface area contributed by atoms with Crippen LogP contribution in [0.2, 0.25) is 0 Å². The summed E-state index contributed by atoms with van der Waals surface area (Å²) in [6, 6.07) is 0. The second kappa shape index (κ2) is 7.00. The lowest BCUT2D eigenvalue weighted by atomic mass is 9.87. The van der Waals surface area contributed by atoms with Gasteiger partial charge in [0.1, 0.15) is 0 Å². The summed E-state index contributed by atoms with van der Waals surface area (Å²) in [5, 5.41) is 1.08. The molecule has 0 amide bonds. The molecule has 2 nitrogen and oxygen atoms in total. The van der Waals surface area contributed by atoms with Gasteiger partial charge in [-0.2, -0.15) is 0 Å². The number of nitrogens with one attached hydrogen (secondary N) is 1. The molecule has 0 fully saturated rings. The first-order chi connectivity index (χ1) is 7.72. The minimum absolute atomic E-state index is 0.633. The molecule has 1 N–H and O–H groups in total. The molecule has 2 atom stereocenters. The van der Waals surface area contributed by atoms with Crippen LogP contribution in [0.25, 0.3) is 0 Å². The predicted octanol–water partition coefficient (Wildman–Crippen LogP) is 4.45. The summed E-state index contributed by atoms with van der Waals surface area (Å²) in [6.45, 7) is 9.05. The molecule has 3 heteroatoms. The molecule has 1 aromatic heterocycles. The summed E-state index contributed by atoms with van der Waals surface area (Å²) in [6.07, 6.45) is 5.64.